The summed E-state index contributed by atoms with van der Waals surface area (Å²) in [6.45, 7) is 13.8. The van der Waals surface area contributed by atoms with Gasteiger partial charge in [-0.1, -0.05) is 84.0 Å². The lowest BCUT2D eigenvalue weighted by Crippen LogP contribution is -2.14. The molecule has 0 nitrogen and oxygen atoms in total. The molecule has 0 fully saturated rings. The SMILES string of the molecule is CC(C)(C)c1ccc2c(C(C)(C)C)c3ccccc3cc2c1. The molecule has 0 bridgehead atoms. The molecule has 0 radical (unpaired) electrons. The third-order valence-electron chi connectivity index (χ3n) is 4.48. The molecule has 0 heterocycles. The maximum atomic E-state index is 2.37. The monoisotopic (exact) mass is 290 g/mol. The summed E-state index contributed by atoms with van der Waals surface area (Å²) in [5, 5.41) is 5.47. The van der Waals surface area contributed by atoms with E-state index >= 15 is 0 Å². The van der Waals surface area contributed by atoms with Crippen molar-refractivity contribution in [2.24, 2.45) is 0 Å². The molecular weight excluding hydrogens is 264 g/mol. The van der Waals surface area contributed by atoms with Gasteiger partial charge in [0.1, 0.15) is 0 Å². The van der Waals surface area contributed by atoms with Gasteiger partial charge in [0.15, 0.2) is 0 Å². The van der Waals surface area contributed by atoms with Crippen molar-refractivity contribution < 1.29 is 0 Å². The van der Waals surface area contributed by atoms with E-state index in [1.165, 1.54) is 32.7 Å². The molecule has 0 aliphatic heterocycles. The quantitative estimate of drug-likeness (QED) is 0.410. The molecule has 0 aliphatic rings. The van der Waals surface area contributed by atoms with E-state index in [2.05, 4.69) is 90.1 Å². The molecule has 114 valence electrons. The third-order valence-corrected chi connectivity index (χ3v) is 4.48. The molecule has 0 unspecified atom stereocenters. The van der Waals surface area contributed by atoms with Crippen LogP contribution in [-0.4, -0.2) is 0 Å². The summed E-state index contributed by atoms with van der Waals surface area (Å²) in [7, 11) is 0. The number of fused-ring (bicyclic) bond motifs is 2. The fourth-order valence-corrected chi connectivity index (χ4v) is 3.35. The van der Waals surface area contributed by atoms with Crippen molar-refractivity contribution in [2.75, 3.05) is 0 Å². The zero-order valence-corrected chi connectivity index (χ0v) is 14.6. The summed E-state index contributed by atoms with van der Waals surface area (Å²) in [5.74, 6) is 0. The van der Waals surface area contributed by atoms with Crippen molar-refractivity contribution in [3.05, 3.63) is 59.7 Å². The van der Waals surface area contributed by atoms with E-state index in [0.717, 1.165) is 0 Å². The van der Waals surface area contributed by atoms with Gasteiger partial charge in [0, 0.05) is 0 Å². The van der Waals surface area contributed by atoms with E-state index in [1.54, 1.807) is 0 Å². The van der Waals surface area contributed by atoms with E-state index in [0.29, 0.717) is 0 Å². The van der Waals surface area contributed by atoms with Crippen LogP contribution in [0.1, 0.15) is 52.7 Å². The van der Waals surface area contributed by atoms with Gasteiger partial charge in [-0.2, -0.15) is 0 Å². The van der Waals surface area contributed by atoms with Crippen LogP contribution in [0.4, 0.5) is 0 Å². The van der Waals surface area contributed by atoms with E-state index in [-0.39, 0.29) is 10.8 Å². The highest BCUT2D eigenvalue weighted by Gasteiger charge is 2.21. The maximum absolute atomic E-state index is 2.37. The van der Waals surface area contributed by atoms with Gasteiger partial charge < -0.3 is 0 Å². The Morgan fingerprint density at radius 3 is 1.86 bits per heavy atom. The summed E-state index contributed by atoms with van der Waals surface area (Å²) in [5.41, 5.74) is 3.17. The third kappa shape index (κ3) is 2.52. The van der Waals surface area contributed by atoms with Gasteiger partial charge in [-0.05, 0) is 49.6 Å². The lowest BCUT2D eigenvalue weighted by Gasteiger charge is -2.26. The molecule has 0 heteroatoms. The molecular formula is C22H26. The highest BCUT2D eigenvalue weighted by atomic mass is 14.3. The number of hydrogen-bond donors (Lipinski definition) is 0. The number of hydrogen-bond acceptors (Lipinski definition) is 0. The average Bonchev–Trinajstić information content (AvgIpc) is 2.41. The molecule has 0 aromatic heterocycles. The van der Waals surface area contributed by atoms with E-state index < -0.39 is 0 Å². The Labute approximate surface area is 134 Å². The van der Waals surface area contributed by atoms with Gasteiger partial charge in [0.05, 0.1) is 0 Å². The van der Waals surface area contributed by atoms with Gasteiger partial charge in [-0.25, -0.2) is 0 Å². The minimum Gasteiger partial charge on any atom is -0.0616 e. The minimum atomic E-state index is 0.127. The normalized spacial score (nSPS) is 13.0. The predicted molar refractivity (Wildman–Crippen MR) is 98.9 cm³/mol. The Hall–Kier alpha value is -1.82. The molecule has 0 N–H and O–H groups in total. The van der Waals surface area contributed by atoms with Gasteiger partial charge in [0.25, 0.3) is 0 Å². The lowest BCUT2D eigenvalue weighted by molar-refractivity contribution is 0.590. The molecule has 22 heavy (non-hydrogen) atoms. The zero-order chi connectivity index (χ0) is 16.1. The molecule has 3 rings (SSSR count). The number of rotatable bonds is 0. The minimum absolute atomic E-state index is 0.127. The van der Waals surface area contributed by atoms with Crippen LogP contribution in [0, 0.1) is 0 Å². The molecule has 3 aromatic rings. The second-order valence-electron chi connectivity index (χ2n) is 8.41. The summed E-state index contributed by atoms with van der Waals surface area (Å²) >= 11 is 0. The van der Waals surface area contributed by atoms with Crippen LogP contribution in [0.5, 0.6) is 0 Å². The van der Waals surface area contributed by atoms with Crippen molar-refractivity contribution in [1.82, 2.24) is 0 Å². The predicted octanol–water partition coefficient (Wildman–Crippen LogP) is 6.59. The highest BCUT2D eigenvalue weighted by Crippen LogP contribution is 2.38. The lowest BCUT2D eigenvalue weighted by atomic mass is 9.78. The Morgan fingerprint density at radius 2 is 1.23 bits per heavy atom. The van der Waals surface area contributed by atoms with Crippen molar-refractivity contribution in [3.63, 3.8) is 0 Å². The van der Waals surface area contributed by atoms with Crippen LogP contribution in [0.25, 0.3) is 21.5 Å². The zero-order valence-electron chi connectivity index (χ0n) is 14.6. The van der Waals surface area contributed by atoms with Crippen LogP contribution >= 0.6 is 0 Å². The summed E-state index contributed by atoms with van der Waals surface area (Å²) < 4.78 is 0. The molecule has 0 saturated carbocycles. The standard InChI is InChI=1S/C22H26/c1-21(2,3)17-11-12-19-16(14-17)13-15-9-7-8-10-18(15)20(19)22(4,5)6/h7-14H,1-6H3. The van der Waals surface area contributed by atoms with E-state index in [9.17, 15) is 0 Å². The Bertz CT molecular complexity index is 839. The topological polar surface area (TPSA) is 0 Å². The van der Waals surface area contributed by atoms with Crippen LogP contribution in [0.2, 0.25) is 0 Å². The molecule has 0 aliphatic carbocycles. The fraction of sp³-hybridized carbons (Fsp3) is 0.364. The van der Waals surface area contributed by atoms with Crippen LogP contribution in [-0.2, 0) is 10.8 Å². The van der Waals surface area contributed by atoms with Crippen LogP contribution < -0.4 is 0 Å². The number of benzene rings is 3. The van der Waals surface area contributed by atoms with Gasteiger partial charge in [-0.3, -0.25) is 0 Å². The van der Waals surface area contributed by atoms with Crippen molar-refractivity contribution in [1.29, 1.82) is 0 Å². The molecule has 0 spiro atoms. The molecule has 0 amide bonds. The first kappa shape index (κ1) is 15.1. The fourth-order valence-electron chi connectivity index (χ4n) is 3.35. The first-order valence-corrected chi connectivity index (χ1v) is 8.14. The smallest absolute Gasteiger partial charge is 0.0120 e. The molecule has 3 aromatic carbocycles. The van der Waals surface area contributed by atoms with Crippen molar-refractivity contribution in [2.45, 2.75) is 52.4 Å². The van der Waals surface area contributed by atoms with Crippen LogP contribution in [0.3, 0.4) is 0 Å². The van der Waals surface area contributed by atoms with E-state index in [4.69, 9.17) is 0 Å². The van der Waals surface area contributed by atoms with Gasteiger partial charge >= 0.3 is 0 Å². The summed E-state index contributed by atoms with van der Waals surface area (Å²) in [6, 6.07) is 18.1. The Morgan fingerprint density at radius 1 is 0.591 bits per heavy atom. The summed E-state index contributed by atoms with van der Waals surface area (Å²) in [6.07, 6.45) is 0. The van der Waals surface area contributed by atoms with Crippen molar-refractivity contribution >= 4 is 21.5 Å². The van der Waals surface area contributed by atoms with E-state index in [1.807, 2.05) is 0 Å². The van der Waals surface area contributed by atoms with Gasteiger partial charge in [-0.15, -0.1) is 0 Å². The average molecular weight is 290 g/mol. The Balaban J connectivity index is 2.46. The highest BCUT2D eigenvalue weighted by molar-refractivity contribution is 6.03. The Kier molecular flexibility index (Phi) is 3.32. The summed E-state index contributed by atoms with van der Waals surface area (Å²) in [4.78, 5) is 0. The first-order chi connectivity index (χ1) is 10.2. The van der Waals surface area contributed by atoms with Gasteiger partial charge in [0.2, 0.25) is 0 Å². The molecule has 0 atom stereocenters. The van der Waals surface area contributed by atoms with Crippen molar-refractivity contribution in [3.8, 4) is 0 Å². The maximum Gasteiger partial charge on any atom is -0.0120 e. The van der Waals surface area contributed by atoms with Crippen LogP contribution in [0.15, 0.2) is 48.5 Å². The molecule has 0 saturated heterocycles. The second kappa shape index (κ2) is 4.84. The first-order valence-electron chi connectivity index (χ1n) is 8.14. The second-order valence-corrected chi connectivity index (χ2v) is 8.41. The largest absolute Gasteiger partial charge is 0.0616 e.